The Labute approximate surface area is 121 Å². The number of carbonyl (C=O) groups excluding carboxylic acids is 1. The highest BCUT2D eigenvalue weighted by Gasteiger charge is 2.27. The summed E-state index contributed by atoms with van der Waals surface area (Å²) in [6.45, 7) is 0.803. The first kappa shape index (κ1) is 13.9. The zero-order chi connectivity index (χ0) is 13.0. The predicted molar refractivity (Wildman–Crippen MR) is 78.3 cm³/mol. The lowest BCUT2D eigenvalue weighted by molar-refractivity contribution is -0.134. The molecule has 0 radical (unpaired) electrons. The highest BCUT2D eigenvalue weighted by Crippen LogP contribution is 2.25. The molecule has 0 saturated heterocycles. The average molecular weight is 331 g/mol. The minimum Gasteiger partial charge on any atom is -0.339 e. The molecule has 0 aromatic heterocycles. The fourth-order valence-corrected chi connectivity index (χ4v) is 2.69. The summed E-state index contributed by atoms with van der Waals surface area (Å²) < 4.78 is 0. The van der Waals surface area contributed by atoms with Gasteiger partial charge in [-0.05, 0) is 37.0 Å². The molecule has 0 unspecified atom stereocenters. The van der Waals surface area contributed by atoms with Crippen molar-refractivity contribution in [2.75, 3.05) is 11.9 Å². The molecule has 1 aromatic carbocycles. The zero-order valence-corrected chi connectivity index (χ0v) is 12.6. The number of hydrogen-bond donors (Lipinski definition) is 0. The topological polar surface area (TPSA) is 20.3 Å². The Morgan fingerprint density at radius 2 is 2.00 bits per heavy atom. The van der Waals surface area contributed by atoms with E-state index in [1.807, 2.05) is 29.2 Å². The van der Waals surface area contributed by atoms with E-state index in [-0.39, 0.29) is 5.91 Å². The van der Waals surface area contributed by atoms with E-state index in [1.54, 1.807) is 0 Å². The van der Waals surface area contributed by atoms with Crippen LogP contribution in [0.2, 0.25) is 5.02 Å². The van der Waals surface area contributed by atoms with Crippen LogP contribution in [0, 0.1) is 0 Å². The molecular formula is C14H17BrClNO. The van der Waals surface area contributed by atoms with Gasteiger partial charge in [0.25, 0.3) is 0 Å². The largest absolute Gasteiger partial charge is 0.339 e. The van der Waals surface area contributed by atoms with Crippen molar-refractivity contribution in [3.8, 4) is 0 Å². The van der Waals surface area contributed by atoms with E-state index in [1.165, 1.54) is 6.42 Å². The van der Waals surface area contributed by atoms with Gasteiger partial charge in [0.1, 0.15) is 0 Å². The van der Waals surface area contributed by atoms with E-state index >= 15 is 0 Å². The summed E-state index contributed by atoms with van der Waals surface area (Å²) in [6.07, 6.45) is 4.02. The second kappa shape index (κ2) is 6.58. The quantitative estimate of drug-likeness (QED) is 0.755. The highest BCUT2D eigenvalue weighted by atomic mass is 79.9. The van der Waals surface area contributed by atoms with Gasteiger partial charge in [0.05, 0.1) is 6.42 Å². The minimum absolute atomic E-state index is 0.224. The Kier molecular flexibility index (Phi) is 5.07. The molecule has 0 aliphatic heterocycles. The third-order valence-electron chi connectivity index (χ3n) is 3.43. The van der Waals surface area contributed by atoms with Crippen LogP contribution in [0.15, 0.2) is 24.3 Å². The molecule has 1 aliphatic rings. The number of carbonyl (C=O) groups is 1. The number of alkyl halides is 1. The molecule has 98 valence electrons. The highest BCUT2D eigenvalue weighted by molar-refractivity contribution is 9.09. The van der Waals surface area contributed by atoms with Crippen molar-refractivity contribution in [3.63, 3.8) is 0 Å². The maximum absolute atomic E-state index is 12.3. The molecule has 0 N–H and O–H groups in total. The van der Waals surface area contributed by atoms with Gasteiger partial charge in [-0.15, -0.1) is 0 Å². The van der Waals surface area contributed by atoms with Crippen LogP contribution >= 0.6 is 27.5 Å². The van der Waals surface area contributed by atoms with Crippen LogP contribution in [-0.2, 0) is 11.2 Å². The molecule has 4 heteroatoms. The first-order valence-corrected chi connectivity index (χ1v) is 7.80. The Morgan fingerprint density at radius 1 is 1.33 bits per heavy atom. The lowest BCUT2D eigenvalue weighted by atomic mass is 9.91. The first-order valence-electron chi connectivity index (χ1n) is 6.30. The lowest BCUT2D eigenvalue weighted by Gasteiger charge is -2.37. The summed E-state index contributed by atoms with van der Waals surface area (Å²) in [5.41, 5.74) is 1.03. The first-order chi connectivity index (χ1) is 8.70. The summed E-state index contributed by atoms with van der Waals surface area (Å²) in [5, 5.41) is 1.55. The average Bonchev–Trinajstić information content (AvgIpc) is 2.29. The van der Waals surface area contributed by atoms with Crippen LogP contribution in [0.25, 0.3) is 0 Å². The molecule has 2 rings (SSSR count). The molecule has 0 bridgehead atoms. The summed E-state index contributed by atoms with van der Waals surface area (Å²) >= 11 is 9.26. The molecule has 1 saturated carbocycles. The van der Waals surface area contributed by atoms with Crippen LogP contribution < -0.4 is 0 Å². The standard InChI is InChI=1S/C14H17BrClNO/c15-8-9-17(13-2-1-3-13)14(18)10-11-4-6-12(16)7-5-11/h4-7,13H,1-3,8-10H2. The molecule has 0 heterocycles. The second-order valence-electron chi connectivity index (χ2n) is 4.66. The molecule has 1 aliphatic carbocycles. The van der Waals surface area contributed by atoms with Crippen molar-refractivity contribution in [1.29, 1.82) is 0 Å². The summed E-state index contributed by atoms with van der Waals surface area (Å²) in [5.74, 6) is 0.224. The van der Waals surface area contributed by atoms with Crippen molar-refractivity contribution in [1.82, 2.24) is 4.90 Å². The van der Waals surface area contributed by atoms with Crippen molar-refractivity contribution in [2.45, 2.75) is 31.7 Å². The number of nitrogens with zero attached hydrogens (tertiary/aromatic N) is 1. The Balaban J connectivity index is 1.97. The maximum Gasteiger partial charge on any atom is 0.227 e. The summed E-state index contributed by atoms with van der Waals surface area (Å²) in [4.78, 5) is 14.3. The van der Waals surface area contributed by atoms with Gasteiger partial charge >= 0.3 is 0 Å². The summed E-state index contributed by atoms with van der Waals surface area (Å²) in [7, 11) is 0. The maximum atomic E-state index is 12.3. The van der Waals surface area contributed by atoms with Gasteiger partial charge in [-0.1, -0.05) is 39.7 Å². The third-order valence-corrected chi connectivity index (χ3v) is 4.04. The number of amides is 1. The molecular weight excluding hydrogens is 314 g/mol. The molecule has 1 amide bonds. The molecule has 18 heavy (non-hydrogen) atoms. The number of benzene rings is 1. The van der Waals surface area contributed by atoms with Crippen LogP contribution in [-0.4, -0.2) is 28.7 Å². The van der Waals surface area contributed by atoms with Crippen LogP contribution in [0.5, 0.6) is 0 Å². The monoisotopic (exact) mass is 329 g/mol. The van der Waals surface area contributed by atoms with Gasteiger partial charge in [0.15, 0.2) is 0 Å². The number of halogens is 2. The van der Waals surface area contributed by atoms with Gasteiger partial charge in [-0.2, -0.15) is 0 Å². The summed E-state index contributed by atoms with van der Waals surface area (Å²) in [6, 6.07) is 7.98. The van der Waals surface area contributed by atoms with E-state index in [9.17, 15) is 4.79 Å². The lowest BCUT2D eigenvalue weighted by Crippen LogP contribution is -2.45. The van der Waals surface area contributed by atoms with Gasteiger partial charge in [0, 0.05) is 22.9 Å². The zero-order valence-electron chi connectivity index (χ0n) is 10.2. The predicted octanol–water partition coefficient (Wildman–Crippen LogP) is 3.66. The molecule has 1 aromatic rings. The van der Waals surface area contributed by atoms with E-state index in [2.05, 4.69) is 15.9 Å². The fourth-order valence-electron chi connectivity index (χ4n) is 2.18. The Hall–Kier alpha value is -0.540. The van der Waals surface area contributed by atoms with E-state index < -0.39 is 0 Å². The van der Waals surface area contributed by atoms with Gasteiger partial charge in [0.2, 0.25) is 5.91 Å². The molecule has 2 nitrogen and oxygen atoms in total. The van der Waals surface area contributed by atoms with Crippen LogP contribution in [0.1, 0.15) is 24.8 Å². The minimum atomic E-state index is 0.224. The smallest absolute Gasteiger partial charge is 0.227 e. The molecule has 0 atom stereocenters. The van der Waals surface area contributed by atoms with E-state index in [4.69, 9.17) is 11.6 Å². The van der Waals surface area contributed by atoms with E-state index in [0.717, 1.165) is 30.3 Å². The Bertz CT molecular complexity index is 403. The number of rotatable bonds is 5. The normalized spacial score (nSPS) is 15.2. The van der Waals surface area contributed by atoms with Gasteiger partial charge in [-0.3, -0.25) is 4.79 Å². The van der Waals surface area contributed by atoms with E-state index in [0.29, 0.717) is 17.5 Å². The van der Waals surface area contributed by atoms with Crippen LogP contribution in [0.4, 0.5) is 0 Å². The fraction of sp³-hybridized carbons (Fsp3) is 0.500. The van der Waals surface area contributed by atoms with Gasteiger partial charge < -0.3 is 4.90 Å². The van der Waals surface area contributed by atoms with Crippen molar-refractivity contribution < 1.29 is 4.79 Å². The third kappa shape index (κ3) is 3.48. The van der Waals surface area contributed by atoms with Crippen LogP contribution in [0.3, 0.4) is 0 Å². The SMILES string of the molecule is O=C(Cc1ccc(Cl)cc1)N(CCBr)C1CCC1. The van der Waals surface area contributed by atoms with Crippen molar-refractivity contribution in [2.24, 2.45) is 0 Å². The van der Waals surface area contributed by atoms with Crippen molar-refractivity contribution >= 4 is 33.4 Å². The second-order valence-corrected chi connectivity index (χ2v) is 5.89. The molecule has 0 spiro atoms. The Morgan fingerprint density at radius 3 is 2.50 bits per heavy atom. The van der Waals surface area contributed by atoms with Gasteiger partial charge in [-0.25, -0.2) is 0 Å². The number of hydrogen-bond acceptors (Lipinski definition) is 1. The molecule has 1 fully saturated rings. The van der Waals surface area contributed by atoms with Crippen molar-refractivity contribution in [3.05, 3.63) is 34.9 Å².